The second-order valence-corrected chi connectivity index (χ2v) is 16.1. The van der Waals surface area contributed by atoms with Crippen LogP contribution in [0, 0.1) is 5.92 Å². The molecule has 58 heavy (non-hydrogen) atoms. The summed E-state index contributed by atoms with van der Waals surface area (Å²) in [6, 6.07) is 31.6. The molecule has 4 aromatic carbocycles. The highest BCUT2D eigenvalue weighted by molar-refractivity contribution is 6.30. The zero-order chi connectivity index (χ0) is 40.2. The molecule has 300 valence electrons. The van der Waals surface area contributed by atoms with E-state index in [0.717, 1.165) is 91.3 Å². The van der Waals surface area contributed by atoms with Crippen molar-refractivity contribution in [2.75, 3.05) is 63.9 Å². The third-order valence-corrected chi connectivity index (χ3v) is 12.4. The standard InChI is InChI=1S/C47H50ClN5O5/c1-2-39(33-6-4-3-5-7-33)44(34-8-12-36(48)13-9-34)35-10-15-38(16-11-35)58-29-28-50-22-20-32(21-23-50)31-51-24-26-52(27-25-51)37-14-17-40-41(30-37)47(57)53(46(40)56)42-18-19-43(54)49-45(42)55/h3-17,30,32,42H,2,18-29,31H2,1H3,(H,49,54,55)/b44-39-. The van der Waals surface area contributed by atoms with Gasteiger partial charge in [0.1, 0.15) is 18.4 Å². The minimum absolute atomic E-state index is 0.103. The van der Waals surface area contributed by atoms with E-state index < -0.39 is 23.8 Å². The number of nitrogens with zero attached hydrogens (tertiary/aromatic N) is 4. The lowest BCUT2D eigenvalue weighted by Crippen LogP contribution is -2.54. The van der Waals surface area contributed by atoms with Crippen LogP contribution in [0.5, 0.6) is 5.75 Å². The average Bonchev–Trinajstić information content (AvgIpc) is 3.49. The molecule has 4 aliphatic rings. The van der Waals surface area contributed by atoms with Crippen molar-refractivity contribution in [3.05, 3.63) is 130 Å². The van der Waals surface area contributed by atoms with Gasteiger partial charge < -0.3 is 9.64 Å². The Morgan fingerprint density at radius 2 is 1.40 bits per heavy atom. The average molecular weight is 800 g/mol. The smallest absolute Gasteiger partial charge is 0.262 e. The molecule has 0 radical (unpaired) electrons. The Hall–Kier alpha value is -5.29. The summed E-state index contributed by atoms with van der Waals surface area (Å²) >= 11 is 6.26. The number of allylic oxidation sites excluding steroid dienone is 1. The molecule has 1 N–H and O–H groups in total. The lowest BCUT2D eigenvalue weighted by Gasteiger charge is -2.39. The summed E-state index contributed by atoms with van der Waals surface area (Å²) in [4.78, 5) is 58.9. The number of benzene rings is 4. The Labute approximate surface area is 345 Å². The molecular weight excluding hydrogens is 750 g/mol. The van der Waals surface area contributed by atoms with E-state index >= 15 is 0 Å². The molecule has 4 heterocycles. The fourth-order valence-corrected chi connectivity index (χ4v) is 9.03. The van der Waals surface area contributed by atoms with Crippen molar-refractivity contribution in [3.63, 3.8) is 0 Å². The Bertz CT molecular complexity index is 2180. The van der Waals surface area contributed by atoms with Gasteiger partial charge in [0.25, 0.3) is 11.8 Å². The number of amides is 4. The Kier molecular flexibility index (Phi) is 12.1. The molecule has 11 heteroatoms. The van der Waals surface area contributed by atoms with E-state index in [-0.39, 0.29) is 18.7 Å². The van der Waals surface area contributed by atoms with Gasteiger partial charge in [-0.25, -0.2) is 0 Å². The van der Waals surface area contributed by atoms with E-state index in [0.29, 0.717) is 23.7 Å². The number of rotatable bonds is 12. The number of nitrogens with one attached hydrogen (secondary N) is 1. The normalized spacial score (nSPS) is 19.9. The van der Waals surface area contributed by atoms with Crippen molar-refractivity contribution in [2.45, 2.75) is 45.1 Å². The van der Waals surface area contributed by atoms with E-state index in [4.69, 9.17) is 16.3 Å². The highest BCUT2D eigenvalue weighted by Crippen LogP contribution is 2.36. The van der Waals surface area contributed by atoms with Crippen molar-refractivity contribution < 1.29 is 23.9 Å². The summed E-state index contributed by atoms with van der Waals surface area (Å²) in [5, 5.41) is 2.98. The van der Waals surface area contributed by atoms with Crippen LogP contribution in [0.3, 0.4) is 0 Å². The molecule has 0 saturated carbocycles. The van der Waals surface area contributed by atoms with Crippen LogP contribution in [0.15, 0.2) is 97.1 Å². The van der Waals surface area contributed by atoms with Crippen LogP contribution in [0.25, 0.3) is 11.1 Å². The van der Waals surface area contributed by atoms with Crippen molar-refractivity contribution >= 4 is 52.1 Å². The molecule has 4 aliphatic heterocycles. The predicted molar refractivity (Wildman–Crippen MR) is 227 cm³/mol. The summed E-state index contributed by atoms with van der Waals surface area (Å²) in [6.45, 7) is 10.5. The maximum Gasteiger partial charge on any atom is 0.262 e. The second kappa shape index (κ2) is 17.7. The van der Waals surface area contributed by atoms with Gasteiger partial charge in [-0.1, -0.05) is 73.1 Å². The van der Waals surface area contributed by atoms with E-state index in [1.807, 2.05) is 18.2 Å². The fourth-order valence-electron chi connectivity index (χ4n) is 8.91. The number of hydrogen-bond acceptors (Lipinski definition) is 8. The number of carbonyl (C=O) groups is 4. The third kappa shape index (κ3) is 8.60. The van der Waals surface area contributed by atoms with Crippen LogP contribution in [0.2, 0.25) is 5.02 Å². The zero-order valence-corrected chi connectivity index (χ0v) is 33.8. The van der Waals surface area contributed by atoms with Gasteiger partial charge in [0.15, 0.2) is 0 Å². The monoisotopic (exact) mass is 799 g/mol. The molecule has 1 atom stereocenters. The zero-order valence-electron chi connectivity index (χ0n) is 33.0. The highest BCUT2D eigenvalue weighted by atomic mass is 35.5. The van der Waals surface area contributed by atoms with Gasteiger partial charge in [0.2, 0.25) is 11.8 Å². The first kappa shape index (κ1) is 39.5. The molecule has 8 rings (SSSR count). The number of fused-ring (bicyclic) bond motifs is 1. The molecule has 3 saturated heterocycles. The number of halogens is 1. The lowest BCUT2D eigenvalue weighted by atomic mass is 9.88. The van der Waals surface area contributed by atoms with Crippen molar-refractivity contribution in [2.24, 2.45) is 5.92 Å². The Morgan fingerprint density at radius 1 is 0.724 bits per heavy atom. The third-order valence-electron chi connectivity index (χ3n) is 12.1. The van der Waals surface area contributed by atoms with E-state index in [1.54, 1.807) is 12.1 Å². The first-order valence-corrected chi connectivity index (χ1v) is 21.0. The molecule has 0 bridgehead atoms. The number of anilines is 1. The SMILES string of the molecule is CC/C(=C(\c1ccc(Cl)cc1)c1ccc(OCCN2CCC(CN3CCN(c4ccc5c(c4)C(=O)N(C4CCC(=O)NC4=O)C5=O)CC3)CC2)cc1)c1ccccc1. The number of imide groups is 2. The highest BCUT2D eigenvalue weighted by Gasteiger charge is 2.45. The molecular formula is C47H50ClN5O5. The van der Waals surface area contributed by atoms with Crippen LogP contribution in [-0.2, 0) is 9.59 Å². The topological polar surface area (TPSA) is 102 Å². The number of likely N-dealkylation sites (tertiary alicyclic amines) is 1. The molecule has 0 aromatic heterocycles. The van der Waals surface area contributed by atoms with Crippen LogP contribution < -0.4 is 15.0 Å². The van der Waals surface area contributed by atoms with Gasteiger partial charge in [0, 0.05) is 56.4 Å². The number of carbonyl (C=O) groups excluding carboxylic acids is 4. The van der Waals surface area contributed by atoms with Crippen molar-refractivity contribution in [3.8, 4) is 5.75 Å². The van der Waals surface area contributed by atoms with Gasteiger partial charge in [-0.2, -0.15) is 0 Å². The molecule has 10 nitrogen and oxygen atoms in total. The summed E-state index contributed by atoms with van der Waals surface area (Å²) in [5.41, 5.74) is 7.55. The largest absolute Gasteiger partial charge is 0.492 e. The predicted octanol–water partition coefficient (Wildman–Crippen LogP) is 7.02. The van der Waals surface area contributed by atoms with E-state index in [1.165, 1.54) is 29.6 Å². The molecule has 4 aromatic rings. The molecule has 0 aliphatic carbocycles. The van der Waals surface area contributed by atoms with Crippen molar-refractivity contribution in [1.82, 2.24) is 20.0 Å². The Balaban J connectivity index is 0.787. The quantitative estimate of drug-likeness (QED) is 0.121. The van der Waals surface area contributed by atoms with E-state index in [2.05, 4.69) is 93.7 Å². The second-order valence-electron chi connectivity index (χ2n) is 15.7. The Morgan fingerprint density at radius 3 is 2.07 bits per heavy atom. The minimum atomic E-state index is -0.959. The first-order chi connectivity index (χ1) is 28.2. The van der Waals surface area contributed by atoms with Gasteiger partial charge in [-0.3, -0.25) is 39.2 Å². The maximum absolute atomic E-state index is 13.3. The van der Waals surface area contributed by atoms with Gasteiger partial charge in [-0.05, 0) is 115 Å². The van der Waals surface area contributed by atoms with Gasteiger partial charge >= 0.3 is 0 Å². The van der Waals surface area contributed by atoms with Crippen molar-refractivity contribution in [1.29, 1.82) is 0 Å². The van der Waals surface area contributed by atoms with Crippen LogP contribution in [-0.4, -0.2) is 103 Å². The molecule has 3 fully saturated rings. The number of piperazine rings is 1. The van der Waals surface area contributed by atoms with Crippen LogP contribution in [0.4, 0.5) is 5.69 Å². The number of ether oxygens (including phenoxy) is 1. The van der Waals surface area contributed by atoms with Crippen LogP contribution in [0.1, 0.15) is 76.4 Å². The van der Waals surface area contributed by atoms with E-state index in [9.17, 15) is 19.2 Å². The molecule has 1 unspecified atom stereocenters. The van der Waals surface area contributed by atoms with Gasteiger partial charge in [0.05, 0.1) is 11.1 Å². The molecule has 4 amide bonds. The summed E-state index contributed by atoms with van der Waals surface area (Å²) in [5.74, 6) is -0.386. The number of hydrogen-bond donors (Lipinski definition) is 1. The summed E-state index contributed by atoms with van der Waals surface area (Å²) in [7, 11) is 0. The molecule has 0 spiro atoms. The summed E-state index contributed by atoms with van der Waals surface area (Å²) in [6.07, 6.45) is 3.48. The lowest BCUT2D eigenvalue weighted by molar-refractivity contribution is -0.136. The maximum atomic E-state index is 13.3. The summed E-state index contributed by atoms with van der Waals surface area (Å²) < 4.78 is 6.25. The first-order valence-electron chi connectivity index (χ1n) is 20.6. The number of piperidine rings is 2. The van der Waals surface area contributed by atoms with Crippen LogP contribution >= 0.6 is 11.6 Å². The fraction of sp³-hybridized carbons (Fsp3) is 0.362. The minimum Gasteiger partial charge on any atom is -0.492 e. The van der Waals surface area contributed by atoms with Gasteiger partial charge in [-0.15, -0.1) is 0 Å².